The van der Waals surface area contributed by atoms with Crippen molar-refractivity contribution in [3.05, 3.63) is 65.8 Å². The van der Waals surface area contributed by atoms with E-state index in [4.69, 9.17) is 0 Å². The molecule has 78 valence electrons. The van der Waals surface area contributed by atoms with Gasteiger partial charge in [-0.2, -0.15) is 0 Å². The summed E-state index contributed by atoms with van der Waals surface area (Å²) in [6.45, 7) is 6.17. The highest BCUT2D eigenvalue weighted by molar-refractivity contribution is 5.75. The molecular formula is C15H18. The van der Waals surface area contributed by atoms with Gasteiger partial charge in [0.1, 0.15) is 0 Å². The number of hydrogen-bond acceptors (Lipinski definition) is 0. The quantitative estimate of drug-likeness (QED) is 0.626. The van der Waals surface area contributed by atoms with Crippen LogP contribution in [0.1, 0.15) is 25.0 Å². The van der Waals surface area contributed by atoms with E-state index in [2.05, 4.69) is 55.5 Å². The van der Waals surface area contributed by atoms with Crippen molar-refractivity contribution in [2.24, 2.45) is 0 Å². The van der Waals surface area contributed by atoms with Gasteiger partial charge >= 0.3 is 0 Å². The Kier molecular flexibility index (Phi) is 4.62. The zero-order valence-electron chi connectivity index (χ0n) is 9.70. The molecule has 0 nitrogen and oxygen atoms in total. The number of benzene rings is 1. The first-order valence-corrected chi connectivity index (χ1v) is 5.30. The molecule has 0 heterocycles. The molecule has 0 saturated carbocycles. The minimum absolute atomic E-state index is 1.25. The largest absolute Gasteiger partial charge is 0.0876 e. The van der Waals surface area contributed by atoms with E-state index in [9.17, 15) is 0 Å². The van der Waals surface area contributed by atoms with Crippen LogP contribution in [0.25, 0.3) is 5.57 Å². The molecule has 0 N–H and O–H groups in total. The molecule has 0 bridgehead atoms. The lowest BCUT2D eigenvalue weighted by Crippen LogP contribution is -1.81. The van der Waals surface area contributed by atoms with Gasteiger partial charge in [0.15, 0.2) is 0 Å². The molecule has 0 saturated heterocycles. The molecule has 0 aliphatic rings. The Hall–Kier alpha value is -1.56. The van der Waals surface area contributed by atoms with Gasteiger partial charge < -0.3 is 0 Å². The zero-order valence-corrected chi connectivity index (χ0v) is 9.70. The highest BCUT2D eigenvalue weighted by Crippen LogP contribution is 2.16. The molecule has 0 unspecified atom stereocenters. The second kappa shape index (κ2) is 6.02. The van der Waals surface area contributed by atoms with Gasteiger partial charge in [0.25, 0.3) is 0 Å². The fourth-order valence-electron chi connectivity index (χ4n) is 1.37. The number of rotatable bonds is 3. The maximum Gasteiger partial charge on any atom is -0.0184 e. The molecule has 0 atom stereocenters. The first-order chi connectivity index (χ1) is 7.27. The predicted molar refractivity (Wildman–Crippen MR) is 68.8 cm³/mol. The highest BCUT2D eigenvalue weighted by atomic mass is 14.0. The van der Waals surface area contributed by atoms with Gasteiger partial charge in [-0.3, -0.25) is 0 Å². The summed E-state index contributed by atoms with van der Waals surface area (Å²) in [5.41, 5.74) is 3.80. The average molecular weight is 198 g/mol. The van der Waals surface area contributed by atoms with Crippen LogP contribution in [0.2, 0.25) is 0 Å². The molecule has 0 aromatic heterocycles. The van der Waals surface area contributed by atoms with Crippen molar-refractivity contribution >= 4 is 5.57 Å². The van der Waals surface area contributed by atoms with Gasteiger partial charge in [-0.15, -0.1) is 0 Å². The second-order valence-corrected chi connectivity index (χ2v) is 3.51. The topological polar surface area (TPSA) is 0 Å². The van der Waals surface area contributed by atoms with Crippen molar-refractivity contribution in [1.29, 1.82) is 0 Å². The summed E-state index contributed by atoms with van der Waals surface area (Å²) in [7, 11) is 0. The summed E-state index contributed by atoms with van der Waals surface area (Å²) in [6.07, 6.45) is 10.4. The van der Waals surface area contributed by atoms with Gasteiger partial charge in [0, 0.05) is 0 Å². The van der Waals surface area contributed by atoms with Crippen molar-refractivity contribution in [3.63, 3.8) is 0 Å². The molecule has 1 aromatic carbocycles. The summed E-state index contributed by atoms with van der Waals surface area (Å²) < 4.78 is 0. The highest BCUT2D eigenvalue weighted by Gasteiger charge is 1.95. The van der Waals surface area contributed by atoms with Crippen LogP contribution in [0.5, 0.6) is 0 Å². The summed E-state index contributed by atoms with van der Waals surface area (Å²) in [4.78, 5) is 0. The fourth-order valence-corrected chi connectivity index (χ4v) is 1.37. The lowest BCUT2D eigenvalue weighted by Gasteiger charge is -2.02. The third-order valence-corrected chi connectivity index (χ3v) is 2.20. The molecular weight excluding hydrogens is 180 g/mol. The Morgan fingerprint density at radius 1 is 1.00 bits per heavy atom. The molecule has 0 aliphatic carbocycles. The Balaban J connectivity index is 3.04. The van der Waals surface area contributed by atoms with Crippen molar-refractivity contribution < 1.29 is 0 Å². The first kappa shape index (κ1) is 11.5. The molecule has 1 aromatic rings. The normalized spacial score (nSPS) is 12.9. The van der Waals surface area contributed by atoms with Crippen molar-refractivity contribution in [2.75, 3.05) is 0 Å². The van der Waals surface area contributed by atoms with Crippen LogP contribution in [0.3, 0.4) is 0 Å². The maximum absolute atomic E-state index is 2.16. The van der Waals surface area contributed by atoms with Crippen LogP contribution < -0.4 is 0 Å². The summed E-state index contributed by atoms with van der Waals surface area (Å²) in [6, 6.07) is 8.60. The minimum Gasteiger partial charge on any atom is -0.0876 e. The Morgan fingerprint density at radius 2 is 1.67 bits per heavy atom. The van der Waals surface area contributed by atoms with E-state index < -0.39 is 0 Å². The van der Waals surface area contributed by atoms with E-state index in [0.717, 1.165) is 0 Å². The fraction of sp³-hybridized carbons (Fsp3) is 0.200. The van der Waals surface area contributed by atoms with Gasteiger partial charge in [-0.1, -0.05) is 60.2 Å². The van der Waals surface area contributed by atoms with E-state index >= 15 is 0 Å². The third-order valence-electron chi connectivity index (χ3n) is 2.20. The van der Waals surface area contributed by atoms with E-state index in [0.29, 0.717) is 0 Å². The minimum atomic E-state index is 1.25. The van der Waals surface area contributed by atoms with Crippen LogP contribution in [-0.2, 0) is 0 Å². The molecule has 0 heteroatoms. The van der Waals surface area contributed by atoms with Crippen molar-refractivity contribution in [1.82, 2.24) is 0 Å². The Bertz CT molecular complexity index is 375. The predicted octanol–water partition coefficient (Wildman–Crippen LogP) is 4.53. The van der Waals surface area contributed by atoms with Crippen molar-refractivity contribution in [3.8, 4) is 0 Å². The van der Waals surface area contributed by atoms with E-state index in [1.165, 1.54) is 16.7 Å². The first-order valence-electron chi connectivity index (χ1n) is 5.30. The molecule has 0 amide bonds. The lowest BCUT2D eigenvalue weighted by atomic mass is 10.0. The number of allylic oxidation sites excluding steroid dienone is 6. The Labute approximate surface area is 92.6 Å². The molecule has 0 fully saturated rings. The standard InChI is InChI=1S/C15H18/c1-4-6-8-14(7-5-2)15-11-9-13(3)10-12-15/h4-12H,1-3H3/b6-4-,7-5+,14-8+. The summed E-state index contributed by atoms with van der Waals surface area (Å²) >= 11 is 0. The molecule has 0 radical (unpaired) electrons. The number of aryl methyl sites for hydroxylation is 1. The van der Waals surface area contributed by atoms with Crippen molar-refractivity contribution in [2.45, 2.75) is 20.8 Å². The van der Waals surface area contributed by atoms with E-state index in [-0.39, 0.29) is 0 Å². The van der Waals surface area contributed by atoms with Crippen LogP contribution in [0.4, 0.5) is 0 Å². The van der Waals surface area contributed by atoms with Crippen LogP contribution in [0.15, 0.2) is 54.6 Å². The molecule has 1 rings (SSSR count). The summed E-state index contributed by atoms with van der Waals surface area (Å²) in [5, 5.41) is 0. The van der Waals surface area contributed by atoms with E-state index in [1.54, 1.807) is 0 Å². The molecule has 0 spiro atoms. The van der Waals surface area contributed by atoms with Gasteiger partial charge in [0.05, 0.1) is 0 Å². The molecule has 0 aliphatic heterocycles. The average Bonchev–Trinajstić information content (AvgIpc) is 2.25. The maximum atomic E-state index is 2.16. The van der Waals surface area contributed by atoms with Crippen LogP contribution >= 0.6 is 0 Å². The second-order valence-electron chi connectivity index (χ2n) is 3.51. The molecule has 15 heavy (non-hydrogen) atoms. The van der Waals surface area contributed by atoms with Gasteiger partial charge in [-0.25, -0.2) is 0 Å². The summed E-state index contributed by atoms with van der Waals surface area (Å²) in [5.74, 6) is 0. The SMILES string of the molecule is C\C=C/C=C(\C=C\C)c1ccc(C)cc1. The monoisotopic (exact) mass is 198 g/mol. The third kappa shape index (κ3) is 3.59. The zero-order chi connectivity index (χ0) is 11.1. The van der Waals surface area contributed by atoms with Gasteiger partial charge in [-0.05, 0) is 31.9 Å². The van der Waals surface area contributed by atoms with Gasteiger partial charge in [0.2, 0.25) is 0 Å². The number of hydrogen-bond donors (Lipinski definition) is 0. The lowest BCUT2D eigenvalue weighted by molar-refractivity contribution is 1.45. The smallest absolute Gasteiger partial charge is 0.0184 e. The van der Waals surface area contributed by atoms with Crippen LogP contribution in [-0.4, -0.2) is 0 Å². The van der Waals surface area contributed by atoms with E-state index in [1.807, 2.05) is 19.9 Å². The Morgan fingerprint density at radius 3 is 2.20 bits per heavy atom. The van der Waals surface area contributed by atoms with Crippen LogP contribution in [0, 0.1) is 6.92 Å².